The molecule has 0 radical (unpaired) electrons. The molecule has 0 spiro atoms. The molecule has 0 aliphatic rings. The predicted octanol–water partition coefficient (Wildman–Crippen LogP) is 5.24. The summed E-state index contributed by atoms with van der Waals surface area (Å²) in [6, 6.07) is 12.1. The van der Waals surface area contributed by atoms with Gasteiger partial charge in [-0.25, -0.2) is 0 Å². The summed E-state index contributed by atoms with van der Waals surface area (Å²) in [5.74, 6) is 1.72. The Hall–Kier alpha value is -1.000. The van der Waals surface area contributed by atoms with Gasteiger partial charge in [-0.1, -0.05) is 39.7 Å². The fraction of sp³-hybridized carbons (Fsp3) is 0.250. The first-order valence-corrected chi connectivity index (χ1v) is 8.17. The van der Waals surface area contributed by atoms with Gasteiger partial charge in [0.15, 0.2) is 0 Å². The van der Waals surface area contributed by atoms with Crippen LogP contribution in [-0.2, 0) is 11.9 Å². The zero-order chi connectivity index (χ0) is 14.5. The Morgan fingerprint density at radius 1 is 1.10 bits per heavy atom. The van der Waals surface area contributed by atoms with Crippen molar-refractivity contribution < 1.29 is 9.47 Å². The maximum Gasteiger partial charge on any atom is 0.138 e. The van der Waals surface area contributed by atoms with Crippen molar-refractivity contribution in [1.82, 2.24) is 0 Å². The average molecular weight is 400 g/mol. The molecule has 2 aromatic rings. The van der Waals surface area contributed by atoms with Crippen LogP contribution in [0.1, 0.15) is 16.7 Å². The lowest BCUT2D eigenvalue weighted by atomic mass is 10.1. The van der Waals surface area contributed by atoms with E-state index in [1.54, 1.807) is 7.11 Å². The molecule has 0 aromatic heterocycles. The van der Waals surface area contributed by atoms with Gasteiger partial charge in [-0.05, 0) is 41.1 Å². The Morgan fingerprint density at radius 2 is 1.90 bits per heavy atom. The first kappa shape index (κ1) is 15.4. The van der Waals surface area contributed by atoms with Crippen LogP contribution in [0.4, 0.5) is 0 Å². The van der Waals surface area contributed by atoms with Gasteiger partial charge in [0, 0.05) is 16.5 Å². The van der Waals surface area contributed by atoms with Crippen molar-refractivity contribution in [2.24, 2.45) is 0 Å². The molecule has 0 N–H and O–H groups in total. The molecule has 4 heteroatoms. The van der Waals surface area contributed by atoms with Crippen molar-refractivity contribution in [1.29, 1.82) is 0 Å². The number of hydrogen-bond acceptors (Lipinski definition) is 2. The average Bonchev–Trinajstić information content (AvgIpc) is 2.46. The van der Waals surface area contributed by atoms with Crippen LogP contribution in [0.25, 0.3) is 0 Å². The van der Waals surface area contributed by atoms with Crippen LogP contribution in [0.5, 0.6) is 11.5 Å². The Balaban J connectivity index is 2.23. The van der Waals surface area contributed by atoms with Gasteiger partial charge in [-0.3, -0.25) is 0 Å². The molecule has 0 unspecified atom stereocenters. The van der Waals surface area contributed by atoms with E-state index in [0.29, 0.717) is 6.61 Å². The van der Waals surface area contributed by atoms with E-state index in [2.05, 4.69) is 44.8 Å². The van der Waals surface area contributed by atoms with Crippen LogP contribution in [0.15, 0.2) is 40.9 Å². The second kappa shape index (κ2) is 7.14. The van der Waals surface area contributed by atoms with E-state index >= 15 is 0 Å². The van der Waals surface area contributed by atoms with Crippen molar-refractivity contribution in [3.8, 4) is 11.5 Å². The van der Waals surface area contributed by atoms with Crippen LogP contribution in [-0.4, -0.2) is 7.11 Å². The summed E-state index contributed by atoms with van der Waals surface area (Å²) in [4.78, 5) is 0. The third-order valence-corrected chi connectivity index (χ3v) is 4.23. The summed E-state index contributed by atoms with van der Waals surface area (Å²) < 4.78 is 12.3. The fourth-order valence-electron chi connectivity index (χ4n) is 1.99. The van der Waals surface area contributed by atoms with Crippen molar-refractivity contribution in [2.45, 2.75) is 18.9 Å². The minimum Gasteiger partial charge on any atom is -0.496 e. The van der Waals surface area contributed by atoms with Crippen LogP contribution in [0.3, 0.4) is 0 Å². The highest BCUT2D eigenvalue weighted by Crippen LogP contribution is 2.32. The van der Waals surface area contributed by atoms with Crippen LogP contribution in [0.2, 0.25) is 0 Å². The molecule has 0 fully saturated rings. The standard InChI is InChI=1S/C16H16Br2O2/c1-11-6-7-15(19-2)13(8-11)10-20-16-12(9-17)4-3-5-14(16)18/h3-8H,9-10H2,1-2H3. The lowest BCUT2D eigenvalue weighted by Gasteiger charge is -2.14. The molecule has 0 aliphatic heterocycles. The quantitative estimate of drug-likeness (QED) is 0.640. The van der Waals surface area contributed by atoms with E-state index in [1.807, 2.05) is 30.3 Å². The number of para-hydroxylation sites is 1. The van der Waals surface area contributed by atoms with E-state index in [-0.39, 0.29) is 0 Å². The van der Waals surface area contributed by atoms with Gasteiger partial charge in [0.2, 0.25) is 0 Å². The summed E-state index contributed by atoms with van der Waals surface area (Å²) in [5, 5.41) is 0.757. The van der Waals surface area contributed by atoms with Crippen molar-refractivity contribution in [3.63, 3.8) is 0 Å². The Kier molecular flexibility index (Phi) is 5.49. The number of benzene rings is 2. The van der Waals surface area contributed by atoms with Gasteiger partial charge in [0.25, 0.3) is 0 Å². The minimum atomic E-state index is 0.480. The smallest absolute Gasteiger partial charge is 0.138 e. The van der Waals surface area contributed by atoms with Crippen LogP contribution >= 0.6 is 31.9 Å². The second-order valence-electron chi connectivity index (χ2n) is 4.47. The van der Waals surface area contributed by atoms with E-state index in [4.69, 9.17) is 9.47 Å². The fourth-order valence-corrected chi connectivity index (χ4v) is 2.95. The normalized spacial score (nSPS) is 10.4. The highest BCUT2D eigenvalue weighted by molar-refractivity contribution is 9.10. The number of hydrogen-bond donors (Lipinski definition) is 0. The number of alkyl halides is 1. The van der Waals surface area contributed by atoms with Gasteiger partial charge in [0.05, 0.1) is 11.6 Å². The van der Waals surface area contributed by atoms with Crippen LogP contribution < -0.4 is 9.47 Å². The van der Waals surface area contributed by atoms with Crippen molar-refractivity contribution in [2.75, 3.05) is 7.11 Å². The predicted molar refractivity (Wildman–Crippen MR) is 88.8 cm³/mol. The first-order chi connectivity index (χ1) is 9.65. The molecule has 0 aliphatic carbocycles. The molecule has 2 aromatic carbocycles. The number of aryl methyl sites for hydroxylation is 1. The maximum atomic E-state index is 5.99. The molecule has 0 saturated carbocycles. The number of rotatable bonds is 5. The number of halogens is 2. The summed E-state index contributed by atoms with van der Waals surface area (Å²) in [6.07, 6.45) is 0. The summed E-state index contributed by atoms with van der Waals surface area (Å²) >= 11 is 7.02. The van der Waals surface area contributed by atoms with E-state index < -0.39 is 0 Å². The van der Waals surface area contributed by atoms with Gasteiger partial charge in [-0.15, -0.1) is 0 Å². The highest BCUT2D eigenvalue weighted by atomic mass is 79.9. The lowest BCUT2D eigenvalue weighted by molar-refractivity contribution is 0.293. The van der Waals surface area contributed by atoms with Crippen molar-refractivity contribution in [3.05, 3.63) is 57.6 Å². The molecule has 0 bridgehead atoms. The first-order valence-electron chi connectivity index (χ1n) is 6.25. The highest BCUT2D eigenvalue weighted by Gasteiger charge is 2.09. The van der Waals surface area contributed by atoms with E-state index in [1.165, 1.54) is 5.56 Å². The maximum absolute atomic E-state index is 5.99. The Labute approximate surface area is 136 Å². The lowest BCUT2D eigenvalue weighted by Crippen LogP contribution is -2.01. The third kappa shape index (κ3) is 3.55. The van der Waals surface area contributed by atoms with Crippen LogP contribution in [0, 0.1) is 6.92 Å². The molecular formula is C16H16Br2O2. The number of methoxy groups -OCH3 is 1. The zero-order valence-corrected chi connectivity index (χ0v) is 14.6. The molecule has 106 valence electrons. The van der Waals surface area contributed by atoms with Gasteiger partial charge >= 0.3 is 0 Å². The Bertz CT molecular complexity index is 597. The second-order valence-corrected chi connectivity index (χ2v) is 5.88. The Morgan fingerprint density at radius 3 is 2.60 bits per heavy atom. The molecule has 2 nitrogen and oxygen atoms in total. The number of ether oxygens (including phenoxy) is 2. The van der Waals surface area contributed by atoms with Gasteiger partial charge in [0.1, 0.15) is 18.1 Å². The SMILES string of the molecule is COc1ccc(C)cc1COc1c(Br)cccc1CBr. The summed E-state index contributed by atoms with van der Waals surface area (Å²) in [5.41, 5.74) is 3.35. The molecule has 0 amide bonds. The molecule has 0 heterocycles. The van der Waals surface area contributed by atoms with Gasteiger partial charge in [-0.2, -0.15) is 0 Å². The molecule has 0 atom stereocenters. The summed E-state index contributed by atoms with van der Waals surface area (Å²) in [6.45, 7) is 2.54. The zero-order valence-electron chi connectivity index (χ0n) is 11.5. The third-order valence-electron chi connectivity index (χ3n) is 3.00. The van der Waals surface area contributed by atoms with E-state index in [0.717, 1.165) is 32.4 Å². The molecule has 0 saturated heterocycles. The molecule has 2 rings (SSSR count). The largest absolute Gasteiger partial charge is 0.496 e. The molecular weight excluding hydrogens is 384 g/mol. The summed E-state index contributed by atoms with van der Waals surface area (Å²) in [7, 11) is 1.68. The topological polar surface area (TPSA) is 18.5 Å². The van der Waals surface area contributed by atoms with Gasteiger partial charge < -0.3 is 9.47 Å². The van der Waals surface area contributed by atoms with Crippen molar-refractivity contribution >= 4 is 31.9 Å². The molecule has 20 heavy (non-hydrogen) atoms. The monoisotopic (exact) mass is 398 g/mol. The minimum absolute atomic E-state index is 0.480. The van der Waals surface area contributed by atoms with E-state index in [9.17, 15) is 0 Å².